The highest BCUT2D eigenvalue weighted by atomic mass is 79.9. The number of thiazole rings is 1. The van der Waals surface area contributed by atoms with Gasteiger partial charge < -0.3 is 5.73 Å². The summed E-state index contributed by atoms with van der Waals surface area (Å²) in [6.07, 6.45) is 0.805. The summed E-state index contributed by atoms with van der Waals surface area (Å²) in [7, 11) is 0. The molecule has 0 bridgehead atoms. The topological polar surface area (TPSA) is 38.9 Å². The molecule has 0 aliphatic carbocycles. The van der Waals surface area contributed by atoms with Crippen molar-refractivity contribution in [3.63, 3.8) is 0 Å². The lowest BCUT2D eigenvalue weighted by molar-refractivity contribution is 1.14. The van der Waals surface area contributed by atoms with Crippen LogP contribution in [0, 0.1) is 0 Å². The molecule has 21 heavy (non-hydrogen) atoms. The molecule has 0 spiro atoms. The Kier molecular flexibility index (Phi) is 4.29. The Morgan fingerprint density at radius 2 is 1.90 bits per heavy atom. The van der Waals surface area contributed by atoms with Gasteiger partial charge >= 0.3 is 0 Å². The van der Waals surface area contributed by atoms with Crippen LogP contribution < -0.4 is 5.73 Å². The number of hydrogen-bond donors (Lipinski definition) is 1. The van der Waals surface area contributed by atoms with Crippen LogP contribution in [0.15, 0.2) is 52.3 Å². The van der Waals surface area contributed by atoms with Gasteiger partial charge in [0.05, 0.1) is 15.7 Å². The third-order valence-corrected chi connectivity index (χ3v) is 4.75. The van der Waals surface area contributed by atoms with Gasteiger partial charge in [-0.3, -0.25) is 0 Å². The molecule has 0 radical (unpaired) electrons. The Morgan fingerprint density at radius 3 is 2.62 bits per heavy atom. The fourth-order valence-electron chi connectivity index (χ4n) is 2.02. The Hall–Kier alpha value is -1.36. The van der Waals surface area contributed by atoms with Gasteiger partial charge in [-0.05, 0) is 29.8 Å². The summed E-state index contributed by atoms with van der Waals surface area (Å²) >= 11 is 11.3. The smallest absolute Gasteiger partial charge is 0.0976 e. The van der Waals surface area contributed by atoms with Crippen molar-refractivity contribution in [3.8, 4) is 11.3 Å². The van der Waals surface area contributed by atoms with Crippen LogP contribution in [0.5, 0.6) is 0 Å². The van der Waals surface area contributed by atoms with Gasteiger partial charge in [0, 0.05) is 27.5 Å². The summed E-state index contributed by atoms with van der Waals surface area (Å²) in [5.74, 6) is 0. The SMILES string of the molecule is Nc1ccc(Cc2nc(-c3ccc(Br)cc3Cl)cs2)cc1. The van der Waals surface area contributed by atoms with Crippen LogP contribution >= 0.6 is 38.9 Å². The molecule has 0 saturated carbocycles. The van der Waals surface area contributed by atoms with Gasteiger partial charge in [0.2, 0.25) is 0 Å². The second-order valence-electron chi connectivity index (χ2n) is 4.67. The Labute approximate surface area is 140 Å². The first-order valence-corrected chi connectivity index (χ1v) is 8.41. The van der Waals surface area contributed by atoms with Crippen molar-refractivity contribution < 1.29 is 0 Å². The number of halogens is 2. The largest absolute Gasteiger partial charge is 0.399 e. The fourth-order valence-corrected chi connectivity index (χ4v) is 3.62. The number of benzene rings is 2. The highest BCUT2D eigenvalue weighted by Gasteiger charge is 2.09. The third kappa shape index (κ3) is 3.46. The summed E-state index contributed by atoms with van der Waals surface area (Å²) in [4.78, 5) is 4.68. The number of aromatic nitrogens is 1. The molecule has 2 N–H and O–H groups in total. The minimum absolute atomic E-state index is 0.703. The lowest BCUT2D eigenvalue weighted by Crippen LogP contribution is -1.89. The van der Waals surface area contributed by atoms with Crippen LogP contribution in [0.4, 0.5) is 5.69 Å². The summed E-state index contributed by atoms with van der Waals surface area (Å²) in [6.45, 7) is 0. The van der Waals surface area contributed by atoms with E-state index in [0.717, 1.165) is 32.8 Å². The zero-order valence-electron chi connectivity index (χ0n) is 11.0. The molecule has 0 aliphatic rings. The molecule has 1 heterocycles. The molecule has 2 nitrogen and oxygen atoms in total. The quantitative estimate of drug-likeness (QED) is 0.619. The monoisotopic (exact) mass is 378 g/mol. The van der Waals surface area contributed by atoms with E-state index in [0.29, 0.717) is 5.02 Å². The predicted octanol–water partition coefficient (Wildman–Crippen LogP) is 5.40. The Bertz CT molecular complexity index is 768. The Morgan fingerprint density at radius 1 is 1.14 bits per heavy atom. The third-order valence-electron chi connectivity index (χ3n) is 3.09. The summed E-state index contributed by atoms with van der Waals surface area (Å²) in [5, 5.41) is 3.81. The van der Waals surface area contributed by atoms with Crippen LogP contribution in [0.25, 0.3) is 11.3 Å². The average molecular weight is 380 g/mol. The molecule has 106 valence electrons. The van der Waals surface area contributed by atoms with Gasteiger partial charge in [-0.15, -0.1) is 11.3 Å². The van der Waals surface area contributed by atoms with Crippen LogP contribution in [-0.4, -0.2) is 4.98 Å². The van der Waals surface area contributed by atoms with Gasteiger partial charge in [-0.1, -0.05) is 45.7 Å². The highest BCUT2D eigenvalue weighted by Crippen LogP contribution is 2.31. The molecule has 0 aliphatic heterocycles. The average Bonchev–Trinajstić information content (AvgIpc) is 2.90. The predicted molar refractivity (Wildman–Crippen MR) is 93.9 cm³/mol. The van der Waals surface area contributed by atoms with Crippen molar-refractivity contribution in [1.29, 1.82) is 0 Å². The molecule has 0 unspecified atom stereocenters. The van der Waals surface area contributed by atoms with Gasteiger partial charge in [0.1, 0.15) is 0 Å². The van der Waals surface area contributed by atoms with Crippen LogP contribution in [0.1, 0.15) is 10.6 Å². The maximum Gasteiger partial charge on any atom is 0.0976 e. The van der Waals surface area contributed by atoms with Crippen molar-refractivity contribution in [3.05, 3.63) is 67.9 Å². The lowest BCUT2D eigenvalue weighted by Gasteiger charge is -2.01. The fraction of sp³-hybridized carbons (Fsp3) is 0.0625. The summed E-state index contributed by atoms with van der Waals surface area (Å²) in [5.41, 5.74) is 9.55. The van der Waals surface area contributed by atoms with Crippen molar-refractivity contribution in [1.82, 2.24) is 4.98 Å². The zero-order valence-corrected chi connectivity index (χ0v) is 14.2. The van der Waals surface area contributed by atoms with Crippen LogP contribution in [0.2, 0.25) is 5.02 Å². The van der Waals surface area contributed by atoms with E-state index in [9.17, 15) is 0 Å². The molecular weight excluding hydrogens is 368 g/mol. The molecule has 0 amide bonds. The van der Waals surface area contributed by atoms with Crippen molar-refractivity contribution >= 4 is 44.6 Å². The number of nitrogen functional groups attached to an aromatic ring is 1. The maximum absolute atomic E-state index is 6.27. The highest BCUT2D eigenvalue weighted by molar-refractivity contribution is 9.10. The van der Waals surface area contributed by atoms with E-state index in [2.05, 4.69) is 20.9 Å². The first-order chi connectivity index (χ1) is 10.1. The van der Waals surface area contributed by atoms with Crippen molar-refractivity contribution in [2.75, 3.05) is 5.73 Å². The number of anilines is 1. The molecule has 0 fully saturated rings. The molecule has 3 rings (SSSR count). The molecule has 2 aromatic carbocycles. The first kappa shape index (κ1) is 14.6. The van der Waals surface area contributed by atoms with E-state index < -0.39 is 0 Å². The number of nitrogens with zero attached hydrogens (tertiary/aromatic N) is 1. The molecule has 5 heteroatoms. The molecular formula is C16H12BrClN2S. The summed E-state index contributed by atoms with van der Waals surface area (Å²) in [6, 6.07) is 13.7. The first-order valence-electron chi connectivity index (χ1n) is 6.36. The minimum atomic E-state index is 0.703. The number of hydrogen-bond acceptors (Lipinski definition) is 3. The molecule has 0 saturated heterocycles. The van der Waals surface area contributed by atoms with Crippen molar-refractivity contribution in [2.24, 2.45) is 0 Å². The lowest BCUT2D eigenvalue weighted by atomic mass is 10.1. The normalized spacial score (nSPS) is 10.8. The second-order valence-corrected chi connectivity index (χ2v) is 6.93. The van der Waals surface area contributed by atoms with E-state index in [1.165, 1.54) is 5.56 Å². The van der Waals surface area contributed by atoms with E-state index >= 15 is 0 Å². The summed E-state index contributed by atoms with van der Waals surface area (Å²) < 4.78 is 0.966. The molecule has 0 atom stereocenters. The number of rotatable bonds is 3. The van der Waals surface area contributed by atoms with E-state index in [1.807, 2.05) is 47.8 Å². The minimum Gasteiger partial charge on any atom is -0.399 e. The maximum atomic E-state index is 6.27. The van der Waals surface area contributed by atoms with Crippen LogP contribution in [-0.2, 0) is 6.42 Å². The van der Waals surface area contributed by atoms with Gasteiger partial charge in [0.15, 0.2) is 0 Å². The van der Waals surface area contributed by atoms with Crippen molar-refractivity contribution in [2.45, 2.75) is 6.42 Å². The van der Waals surface area contributed by atoms with E-state index in [-0.39, 0.29) is 0 Å². The second kappa shape index (κ2) is 6.18. The van der Waals surface area contributed by atoms with Crippen LogP contribution in [0.3, 0.4) is 0 Å². The molecule has 3 aromatic rings. The van der Waals surface area contributed by atoms with E-state index in [1.54, 1.807) is 11.3 Å². The number of nitrogens with two attached hydrogens (primary N) is 1. The van der Waals surface area contributed by atoms with Gasteiger partial charge in [-0.25, -0.2) is 4.98 Å². The van der Waals surface area contributed by atoms with Gasteiger partial charge in [-0.2, -0.15) is 0 Å². The van der Waals surface area contributed by atoms with Gasteiger partial charge in [0.25, 0.3) is 0 Å². The van der Waals surface area contributed by atoms with E-state index in [4.69, 9.17) is 17.3 Å². The zero-order chi connectivity index (χ0) is 14.8. The molecule has 1 aromatic heterocycles. The Balaban J connectivity index is 1.84. The standard InChI is InChI=1S/C16H12BrClN2S/c17-11-3-6-13(14(18)8-11)15-9-21-16(20-15)7-10-1-4-12(19)5-2-10/h1-6,8-9H,7,19H2.